The molecule has 3 rings (SSSR count). The van der Waals surface area contributed by atoms with E-state index >= 15 is 0 Å². The first-order chi connectivity index (χ1) is 12.0. The Balaban J connectivity index is 1.86. The van der Waals surface area contributed by atoms with E-state index in [9.17, 15) is 9.59 Å². The van der Waals surface area contributed by atoms with Crippen molar-refractivity contribution in [3.05, 3.63) is 81.7 Å². The molecule has 3 aromatic rings. The largest absolute Gasteiger partial charge is 0.347 e. The number of amides is 1. The lowest BCUT2D eigenvalue weighted by Crippen LogP contribution is -2.27. The van der Waals surface area contributed by atoms with E-state index in [0.717, 1.165) is 22.3 Å². The lowest BCUT2D eigenvalue weighted by atomic mass is 10.0. The number of carbonyl (C=O) groups excluding carboxylic acids is 1. The lowest BCUT2D eigenvalue weighted by Gasteiger charge is -2.09. The van der Waals surface area contributed by atoms with Gasteiger partial charge in [-0.05, 0) is 37.1 Å². The van der Waals surface area contributed by atoms with Gasteiger partial charge in [-0.2, -0.15) is 4.98 Å². The number of carbonyl (C=O) groups is 1. The Labute approximate surface area is 145 Å². The Morgan fingerprint density at radius 3 is 2.76 bits per heavy atom. The van der Waals surface area contributed by atoms with Gasteiger partial charge < -0.3 is 10.3 Å². The van der Waals surface area contributed by atoms with E-state index in [1.807, 2.05) is 38.1 Å². The molecule has 0 aliphatic carbocycles. The Morgan fingerprint density at radius 1 is 1.20 bits per heavy atom. The second-order valence-electron chi connectivity index (χ2n) is 5.85. The van der Waals surface area contributed by atoms with E-state index in [0.29, 0.717) is 12.2 Å². The predicted octanol–water partition coefficient (Wildman–Crippen LogP) is 2.38. The van der Waals surface area contributed by atoms with Crippen LogP contribution in [0.15, 0.2) is 53.6 Å². The monoisotopic (exact) mass is 334 g/mol. The standard InChI is InChI=1S/C19H18N4O2/c1-12-5-6-15(13(2)8-12)16-9-17(23-19(25)22-16)18(24)21-11-14-4-3-7-20-10-14/h3-10H,11H2,1-2H3,(H,21,24)(H,22,23,25). The fourth-order valence-electron chi connectivity index (χ4n) is 2.60. The Kier molecular flexibility index (Phi) is 4.70. The number of nitrogens with zero attached hydrogens (tertiary/aromatic N) is 2. The number of hydrogen-bond donors (Lipinski definition) is 2. The molecule has 6 nitrogen and oxygen atoms in total. The van der Waals surface area contributed by atoms with Gasteiger partial charge in [0.05, 0.1) is 5.69 Å². The van der Waals surface area contributed by atoms with Crippen LogP contribution in [0.3, 0.4) is 0 Å². The molecular weight excluding hydrogens is 316 g/mol. The third-order valence-corrected chi connectivity index (χ3v) is 3.82. The van der Waals surface area contributed by atoms with Crippen LogP contribution in [0.5, 0.6) is 0 Å². The van der Waals surface area contributed by atoms with Crippen molar-refractivity contribution in [2.45, 2.75) is 20.4 Å². The number of pyridine rings is 1. The molecule has 0 saturated carbocycles. The first-order valence-electron chi connectivity index (χ1n) is 7.89. The van der Waals surface area contributed by atoms with Crippen LogP contribution < -0.4 is 11.0 Å². The maximum atomic E-state index is 12.4. The second kappa shape index (κ2) is 7.09. The van der Waals surface area contributed by atoms with Crippen LogP contribution in [0.1, 0.15) is 27.2 Å². The summed E-state index contributed by atoms with van der Waals surface area (Å²) in [5, 5.41) is 2.77. The number of nitrogens with one attached hydrogen (secondary N) is 2. The van der Waals surface area contributed by atoms with Gasteiger partial charge in [-0.3, -0.25) is 9.78 Å². The smallest absolute Gasteiger partial charge is 0.346 e. The molecule has 126 valence electrons. The molecule has 1 amide bonds. The van der Waals surface area contributed by atoms with Crippen molar-refractivity contribution in [3.8, 4) is 11.3 Å². The van der Waals surface area contributed by atoms with Crippen LogP contribution in [0.2, 0.25) is 0 Å². The van der Waals surface area contributed by atoms with E-state index < -0.39 is 5.69 Å². The number of rotatable bonds is 4. The van der Waals surface area contributed by atoms with Crippen molar-refractivity contribution >= 4 is 5.91 Å². The molecule has 0 bridgehead atoms. The second-order valence-corrected chi connectivity index (χ2v) is 5.85. The van der Waals surface area contributed by atoms with Gasteiger partial charge in [-0.25, -0.2) is 4.79 Å². The minimum absolute atomic E-state index is 0.180. The fraction of sp³-hybridized carbons (Fsp3) is 0.158. The average molecular weight is 334 g/mol. The van der Waals surface area contributed by atoms with Gasteiger partial charge in [0.25, 0.3) is 5.91 Å². The maximum absolute atomic E-state index is 12.4. The molecule has 0 saturated heterocycles. The molecule has 0 aliphatic rings. The van der Waals surface area contributed by atoms with E-state index in [4.69, 9.17) is 0 Å². The van der Waals surface area contributed by atoms with Crippen LogP contribution in [-0.2, 0) is 6.54 Å². The van der Waals surface area contributed by atoms with Gasteiger partial charge in [-0.15, -0.1) is 0 Å². The molecule has 0 aliphatic heterocycles. The number of benzene rings is 1. The zero-order valence-corrected chi connectivity index (χ0v) is 14.0. The van der Waals surface area contributed by atoms with Crippen LogP contribution in [0, 0.1) is 13.8 Å². The zero-order chi connectivity index (χ0) is 17.8. The van der Waals surface area contributed by atoms with Crippen molar-refractivity contribution in [2.75, 3.05) is 0 Å². The number of H-pyrrole nitrogens is 1. The van der Waals surface area contributed by atoms with Crippen LogP contribution in [0.4, 0.5) is 0 Å². The van der Waals surface area contributed by atoms with E-state index in [1.165, 1.54) is 0 Å². The highest BCUT2D eigenvalue weighted by molar-refractivity contribution is 5.93. The van der Waals surface area contributed by atoms with Gasteiger partial charge in [0, 0.05) is 24.5 Å². The summed E-state index contributed by atoms with van der Waals surface area (Å²) < 4.78 is 0. The minimum atomic E-state index is -0.552. The summed E-state index contributed by atoms with van der Waals surface area (Å²) in [7, 11) is 0. The zero-order valence-electron chi connectivity index (χ0n) is 14.0. The predicted molar refractivity (Wildman–Crippen MR) is 95.2 cm³/mol. The minimum Gasteiger partial charge on any atom is -0.347 e. The summed E-state index contributed by atoms with van der Waals surface area (Å²) in [5.41, 5.74) is 3.94. The van der Waals surface area contributed by atoms with Crippen molar-refractivity contribution in [3.63, 3.8) is 0 Å². The highest BCUT2D eigenvalue weighted by Gasteiger charge is 2.12. The van der Waals surface area contributed by atoms with Crippen LogP contribution in [-0.4, -0.2) is 20.9 Å². The molecule has 0 spiro atoms. The molecule has 1 aromatic carbocycles. The summed E-state index contributed by atoms with van der Waals surface area (Å²) >= 11 is 0. The summed E-state index contributed by atoms with van der Waals surface area (Å²) in [6.07, 6.45) is 3.35. The van der Waals surface area contributed by atoms with E-state index in [-0.39, 0.29) is 11.6 Å². The third kappa shape index (κ3) is 3.98. The Morgan fingerprint density at radius 2 is 2.04 bits per heavy atom. The number of aromatic amines is 1. The summed E-state index contributed by atoms with van der Waals surface area (Å²) in [6.45, 7) is 4.28. The molecule has 2 heterocycles. The SMILES string of the molecule is Cc1ccc(-c2cc(C(=O)NCc3cccnc3)[nH]c(=O)n2)c(C)c1. The molecule has 25 heavy (non-hydrogen) atoms. The highest BCUT2D eigenvalue weighted by atomic mass is 16.2. The molecular formula is C19H18N4O2. The first-order valence-corrected chi connectivity index (χ1v) is 7.89. The van der Waals surface area contributed by atoms with Gasteiger partial charge in [0.2, 0.25) is 0 Å². The van der Waals surface area contributed by atoms with Crippen molar-refractivity contribution in [2.24, 2.45) is 0 Å². The summed E-state index contributed by atoms with van der Waals surface area (Å²) in [5.74, 6) is -0.366. The molecule has 2 N–H and O–H groups in total. The molecule has 0 unspecified atom stereocenters. The average Bonchev–Trinajstić information content (AvgIpc) is 2.60. The van der Waals surface area contributed by atoms with Crippen molar-refractivity contribution in [1.82, 2.24) is 20.3 Å². The highest BCUT2D eigenvalue weighted by Crippen LogP contribution is 2.21. The topological polar surface area (TPSA) is 87.7 Å². The Bertz CT molecular complexity index is 965. The Hall–Kier alpha value is -3.28. The quantitative estimate of drug-likeness (QED) is 0.767. The number of aryl methyl sites for hydroxylation is 2. The lowest BCUT2D eigenvalue weighted by molar-refractivity contribution is 0.0945. The van der Waals surface area contributed by atoms with Gasteiger partial charge in [0.15, 0.2) is 0 Å². The molecule has 0 fully saturated rings. The molecule has 6 heteroatoms. The van der Waals surface area contributed by atoms with Gasteiger partial charge >= 0.3 is 5.69 Å². The molecule has 0 radical (unpaired) electrons. The fourth-order valence-corrected chi connectivity index (χ4v) is 2.60. The van der Waals surface area contributed by atoms with Crippen LogP contribution >= 0.6 is 0 Å². The molecule has 2 aromatic heterocycles. The number of aromatic nitrogens is 3. The van der Waals surface area contributed by atoms with E-state index in [2.05, 4.69) is 20.3 Å². The van der Waals surface area contributed by atoms with Crippen molar-refractivity contribution in [1.29, 1.82) is 0 Å². The normalized spacial score (nSPS) is 10.5. The maximum Gasteiger partial charge on any atom is 0.346 e. The molecule has 0 atom stereocenters. The van der Waals surface area contributed by atoms with E-state index in [1.54, 1.807) is 24.5 Å². The van der Waals surface area contributed by atoms with Crippen molar-refractivity contribution < 1.29 is 4.79 Å². The van der Waals surface area contributed by atoms with Gasteiger partial charge in [0.1, 0.15) is 5.69 Å². The van der Waals surface area contributed by atoms with Gasteiger partial charge in [-0.1, -0.05) is 29.8 Å². The first kappa shape index (κ1) is 16.6. The summed E-state index contributed by atoms with van der Waals surface area (Å²) in [6, 6.07) is 11.1. The number of hydrogen-bond acceptors (Lipinski definition) is 4. The third-order valence-electron chi connectivity index (χ3n) is 3.82. The summed E-state index contributed by atoms with van der Waals surface area (Å²) in [4.78, 5) is 34.7. The van der Waals surface area contributed by atoms with Crippen LogP contribution in [0.25, 0.3) is 11.3 Å².